The van der Waals surface area contributed by atoms with Crippen LogP contribution in [0.4, 0.5) is 5.69 Å². The van der Waals surface area contributed by atoms with Gasteiger partial charge in [-0.25, -0.2) is 0 Å². The van der Waals surface area contributed by atoms with Gasteiger partial charge in [0.25, 0.3) is 5.91 Å². The van der Waals surface area contributed by atoms with Gasteiger partial charge in [-0.3, -0.25) is 14.5 Å². The minimum Gasteiger partial charge on any atom is -0.497 e. The van der Waals surface area contributed by atoms with Crippen LogP contribution in [0.25, 0.3) is 0 Å². The van der Waals surface area contributed by atoms with Crippen molar-refractivity contribution in [1.29, 1.82) is 0 Å². The molecular formula is C22H24N2O3. The molecule has 27 heavy (non-hydrogen) atoms. The molecule has 1 saturated carbocycles. The molecule has 0 spiro atoms. The zero-order valence-corrected chi connectivity index (χ0v) is 15.5. The predicted octanol–water partition coefficient (Wildman–Crippen LogP) is 3.85. The fraction of sp³-hybridized carbons (Fsp3) is 0.364. The number of fused-ring (bicyclic) bond motifs is 1. The Morgan fingerprint density at radius 3 is 2.44 bits per heavy atom. The Kier molecular flexibility index (Phi) is 4.84. The van der Waals surface area contributed by atoms with Gasteiger partial charge in [-0.2, -0.15) is 0 Å². The highest BCUT2D eigenvalue weighted by molar-refractivity contribution is 6.15. The van der Waals surface area contributed by atoms with Crippen molar-refractivity contribution in [3.05, 3.63) is 59.7 Å². The van der Waals surface area contributed by atoms with Crippen molar-refractivity contribution in [1.82, 2.24) is 5.32 Å². The molecule has 1 fully saturated rings. The lowest BCUT2D eigenvalue weighted by molar-refractivity contribution is -0.123. The van der Waals surface area contributed by atoms with Crippen LogP contribution in [-0.4, -0.2) is 25.0 Å². The number of nitrogens with one attached hydrogen (secondary N) is 1. The van der Waals surface area contributed by atoms with Gasteiger partial charge in [0.05, 0.1) is 7.11 Å². The predicted molar refractivity (Wildman–Crippen MR) is 104 cm³/mol. The molecule has 5 heteroatoms. The van der Waals surface area contributed by atoms with Gasteiger partial charge >= 0.3 is 0 Å². The summed E-state index contributed by atoms with van der Waals surface area (Å²) in [7, 11) is 1.60. The quantitative estimate of drug-likeness (QED) is 0.897. The lowest BCUT2D eigenvalue weighted by atomic mass is 9.95. The van der Waals surface area contributed by atoms with E-state index in [2.05, 4.69) is 5.32 Å². The molecule has 0 unspecified atom stereocenters. The third-order valence-corrected chi connectivity index (χ3v) is 5.51. The Bertz CT molecular complexity index is 841. The van der Waals surface area contributed by atoms with Crippen LogP contribution in [0.2, 0.25) is 0 Å². The van der Waals surface area contributed by atoms with Gasteiger partial charge in [-0.05, 0) is 48.7 Å². The fourth-order valence-electron chi connectivity index (χ4n) is 4.11. The number of ether oxygens (including phenoxy) is 1. The molecule has 1 atom stereocenters. The van der Waals surface area contributed by atoms with E-state index in [1.54, 1.807) is 18.1 Å². The Morgan fingerprint density at radius 2 is 1.74 bits per heavy atom. The smallest absolute Gasteiger partial charge is 0.259 e. The SMILES string of the molecule is COc1ccc(N2C(=O)c3ccccc3[C@@H]2C(=O)NC2CCCCC2)cc1. The molecule has 0 radical (unpaired) electrons. The molecule has 0 bridgehead atoms. The van der Waals surface area contributed by atoms with Crippen molar-refractivity contribution in [2.45, 2.75) is 44.2 Å². The highest BCUT2D eigenvalue weighted by Crippen LogP contribution is 2.38. The number of nitrogens with zero attached hydrogens (tertiary/aromatic N) is 1. The van der Waals surface area contributed by atoms with E-state index in [9.17, 15) is 9.59 Å². The van der Waals surface area contributed by atoms with Crippen molar-refractivity contribution in [3.8, 4) is 5.75 Å². The minimum absolute atomic E-state index is 0.101. The monoisotopic (exact) mass is 364 g/mol. The first-order chi connectivity index (χ1) is 13.2. The number of rotatable bonds is 4. The molecule has 2 aromatic carbocycles. The zero-order chi connectivity index (χ0) is 18.8. The van der Waals surface area contributed by atoms with Gasteiger partial charge in [0.2, 0.25) is 5.91 Å². The average Bonchev–Trinajstić information content (AvgIpc) is 3.02. The third kappa shape index (κ3) is 3.29. The summed E-state index contributed by atoms with van der Waals surface area (Å²) in [5, 5.41) is 3.19. The molecule has 1 heterocycles. The Balaban J connectivity index is 1.67. The maximum Gasteiger partial charge on any atom is 0.259 e. The fourth-order valence-corrected chi connectivity index (χ4v) is 4.11. The number of amides is 2. The van der Waals surface area contributed by atoms with E-state index in [1.165, 1.54) is 6.42 Å². The van der Waals surface area contributed by atoms with Crippen molar-refractivity contribution in [3.63, 3.8) is 0 Å². The highest BCUT2D eigenvalue weighted by atomic mass is 16.5. The van der Waals surface area contributed by atoms with Crippen LogP contribution in [0.5, 0.6) is 5.75 Å². The first kappa shape index (κ1) is 17.6. The zero-order valence-electron chi connectivity index (χ0n) is 15.5. The Labute approximate surface area is 159 Å². The first-order valence-electron chi connectivity index (χ1n) is 9.56. The number of hydrogen-bond acceptors (Lipinski definition) is 3. The molecule has 1 aliphatic carbocycles. The van der Waals surface area contributed by atoms with Gasteiger partial charge in [-0.1, -0.05) is 37.5 Å². The van der Waals surface area contributed by atoms with Crippen LogP contribution in [0, 0.1) is 0 Å². The number of hydrogen-bond donors (Lipinski definition) is 1. The maximum atomic E-state index is 13.2. The molecular weight excluding hydrogens is 340 g/mol. The van der Waals surface area contributed by atoms with Gasteiger partial charge in [-0.15, -0.1) is 0 Å². The number of benzene rings is 2. The van der Waals surface area contributed by atoms with Crippen molar-refractivity contribution < 1.29 is 14.3 Å². The molecule has 5 nitrogen and oxygen atoms in total. The number of anilines is 1. The molecule has 1 aliphatic heterocycles. The van der Waals surface area contributed by atoms with Crippen LogP contribution in [0.15, 0.2) is 48.5 Å². The highest BCUT2D eigenvalue weighted by Gasteiger charge is 2.42. The molecule has 2 amide bonds. The molecule has 1 N–H and O–H groups in total. The number of carbonyl (C=O) groups is 2. The first-order valence-corrected chi connectivity index (χ1v) is 9.56. The van der Waals surface area contributed by atoms with Crippen LogP contribution < -0.4 is 15.0 Å². The summed E-state index contributed by atoms with van der Waals surface area (Å²) in [5.41, 5.74) is 2.06. The van der Waals surface area contributed by atoms with Gasteiger partial charge < -0.3 is 10.1 Å². The number of carbonyl (C=O) groups excluding carboxylic acids is 2. The topological polar surface area (TPSA) is 58.6 Å². The summed E-state index contributed by atoms with van der Waals surface area (Å²) in [6.45, 7) is 0. The average molecular weight is 364 g/mol. The lowest BCUT2D eigenvalue weighted by Crippen LogP contribution is -2.44. The van der Waals surface area contributed by atoms with Crippen LogP contribution >= 0.6 is 0 Å². The van der Waals surface area contributed by atoms with Crippen molar-refractivity contribution >= 4 is 17.5 Å². The van der Waals surface area contributed by atoms with Crippen molar-refractivity contribution in [2.24, 2.45) is 0 Å². The molecule has 0 aromatic heterocycles. The van der Waals surface area contributed by atoms with Crippen LogP contribution in [0.3, 0.4) is 0 Å². The summed E-state index contributed by atoms with van der Waals surface area (Å²) >= 11 is 0. The van der Waals surface area contributed by atoms with E-state index in [1.807, 2.05) is 42.5 Å². The summed E-state index contributed by atoms with van der Waals surface area (Å²) < 4.78 is 5.21. The minimum atomic E-state index is -0.635. The summed E-state index contributed by atoms with van der Waals surface area (Å²) in [5.74, 6) is 0.474. The van der Waals surface area contributed by atoms with E-state index >= 15 is 0 Å². The largest absolute Gasteiger partial charge is 0.497 e. The van der Waals surface area contributed by atoms with Crippen LogP contribution in [0.1, 0.15) is 54.1 Å². The summed E-state index contributed by atoms with van der Waals surface area (Å²) in [6.07, 6.45) is 5.54. The normalized spacial score (nSPS) is 19.7. The third-order valence-electron chi connectivity index (χ3n) is 5.51. The van der Waals surface area contributed by atoms with E-state index in [-0.39, 0.29) is 17.9 Å². The van der Waals surface area contributed by atoms with E-state index < -0.39 is 6.04 Å². The lowest BCUT2D eigenvalue weighted by Gasteiger charge is -2.28. The maximum absolute atomic E-state index is 13.2. The van der Waals surface area contributed by atoms with Gasteiger partial charge in [0.15, 0.2) is 0 Å². The van der Waals surface area contributed by atoms with Gasteiger partial charge in [0, 0.05) is 17.3 Å². The second kappa shape index (κ2) is 7.43. The molecule has 4 rings (SSSR count). The molecule has 140 valence electrons. The Morgan fingerprint density at radius 1 is 1.04 bits per heavy atom. The standard InChI is InChI=1S/C22H24N2O3/c1-27-17-13-11-16(12-14-17)24-20(18-9-5-6-10-19(18)22(24)26)21(25)23-15-7-3-2-4-8-15/h5-6,9-15,20H,2-4,7-8H2,1H3,(H,23,25)/t20-/m1/s1. The van der Waals surface area contributed by atoms with E-state index in [0.717, 1.165) is 31.2 Å². The van der Waals surface area contributed by atoms with E-state index in [4.69, 9.17) is 4.74 Å². The molecule has 2 aromatic rings. The van der Waals surface area contributed by atoms with Gasteiger partial charge in [0.1, 0.15) is 11.8 Å². The number of methoxy groups -OCH3 is 1. The second-order valence-corrected chi connectivity index (χ2v) is 7.21. The van der Waals surface area contributed by atoms with Crippen molar-refractivity contribution in [2.75, 3.05) is 12.0 Å². The Hall–Kier alpha value is -2.82. The van der Waals surface area contributed by atoms with E-state index in [0.29, 0.717) is 17.0 Å². The van der Waals surface area contributed by atoms with Crippen LogP contribution in [-0.2, 0) is 4.79 Å². The summed E-state index contributed by atoms with van der Waals surface area (Å²) in [6, 6.07) is 14.2. The summed E-state index contributed by atoms with van der Waals surface area (Å²) in [4.78, 5) is 27.9. The molecule has 0 saturated heterocycles. The second-order valence-electron chi connectivity index (χ2n) is 7.21. The molecule has 2 aliphatic rings.